The molecule has 1 amide bonds. The van der Waals surface area contributed by atoms with Crippen molar-refractivity contribution in [3.63, 3.8) is 0 Å². The molecule has 1 aliphatic heterocycles. The highest BCUT2D eigenvalue weighted by molar-refractivity contribution is 7.20. The largest absolute Gasteiger partial charge is 0.310 e. The zero-order valence-electron chi connectivity index (χ0n) is 15.7. The van der Waals surface area contributed by atoms with Crippen molar-refractivity contribution in [3.05, 3.63) is 68.8 Å². The van der Waals surface area contributed by atoms with Gasteiger partial charge in [0.2, 0.25) is 11.0 Å². The summed E-state index contributed by atoms with van der Waals surface area (Å²) in [5.74, 6) is 0.275. The summed E-state index contributed by atoms with van der Waals surface area (Å²) in [7, 11) is 0. The summed E-state index contributed by atoms with van der Waals surface area (Å²) in [6.07, 6.45) is 0.266. The summed E-state index contributed by atoms with van der Waals surface area (Å²) in [5.41, 5.74) is 4.58. The van der Waals surface area contributed by atoms with E-state index in [1.54, 1.807) is 34.2 Å². The Kier molecular flexibility index (Phi) is 4.38. The fraction of sp³-hybridized carbons (Fsp3) is 0.190. The van der Waals surface area contributed by atoms with E-state index in [0.29, 0.717) is 21.0 Å². The summed E-state index contributed by atoms with van der Waals surface area (Å²) in [5, 5.41) is 9.50. The molecule has 1 atom stereocenters. The first-order valence-corrected chi connectivity index (χ1v) is 10.7. The van der Waals surface area contributed by atoms with Crippen LogP contribution in [0.15, 0.2) is 36.4 Å². The SMILES string of the molecule is Cc1ccc2nc(-n3nc(C)c4c3NC(=O)C[C@H]4c3c(Cl)cccc3Cl)sc2c1. The predicted molar refractivity (Wildman–Crippen MR) is 118 cm³/mol. The average Bonchev–Trinajstić information content (AvgIpc) is 3.22. The van der Waals surface area contributed by atoms with Crippen LogP contribution in [0.3, 0.4) is 0 Å². The summed E-state index contributed by atoms with van der Waals surface area (Å²) in [4.78, 5) is 17.3. The minimum atomic E-state index is -0.259. The average molecular weight is 443 g/mol. The molecular weight excluding hydrogens is 427 g/mol. The Hall–Kier alpha value is -2.41. The highest BCUT2D eigenvalue weighted by Crippen LogP contribution is 2.45. The summed E-state index contributed by atoms with van der Waals surface area (Å²) >= 11 is 14.5. The van der Waals surface area contributed by atoms with Crippen molar-refractivity contribution < 1.29 is 4.79 Å². The molecule has 4 aromatic rings. The Morgan fingerprint density at radius 3 is 2.66 bits per heavy atom. The second-order valence-corrected chi connectivity index (χ2v) is 8.99. The fourth-order valence-electron chi connectivity index (χ4n) is 3.89. The molecule has 0 bridgehead atoms. The molecule has 2 aromatic heterocycles. The van der Waals surface area contributed by atoms with Crippen molar-refractivity contribution in [2.24, 2.45) is 0 Å². The smallest absolute Gasteiger partial charge is 0.226 e. The van der Waals surface area contributed by atoms with E-state index in [0.717, 1.165) is 27.0 Å². The van der Waals surface area contributed by atoms with E-state index in [4.69, 9.17) is 33.3 Å². The Morgan fingerprint density at radius 2 is 1.90 bits per heavy atom. The van der Waals surface area contributed by atoms with E-state index in [2.05, 4.69) is 18.3 Å². The molecule has 1 aliphatic rings. The fourth-order valence-corrected chi connectivity index (χ4v) is 5.57. The van der Waals surface area contributed by atoms with Gasteiger partial charge in [-0.3, -0.25) is 4.79 Å². The Bertz CT molecular complexity index is 1270. The van der Waals surface area contributed by atoms with Crippen molar-refractivity contribution in [2.45, 2.75) is 26.2 Å². The van der Waals surface area contributed by atoms with E-state index in [-0.39, 0.29) is 18.2 Å². The van der Waals surface area contributed by atoms with Crippen molar-refractivity contribution in [3.8, 4) is 5.13 Å². The molecule has 5 rings (SSSR count). The van der Waals surface area contributed by atoms with Gasteiger partial charge >= 0.3 is 0 Å². The molecule has 0 saturated heterocycles. The number of amides is 1. The third-order valence-electron chi connectivity index (χ3n) is 5.16. The van der Waals surface area contributed by atoms with Gasteiger partial charge in [0.15, 0.2) is 0 Å². The number of aromatic nitrogens is 3. The number of thiazole rings is 1. The lowest BCUT2D eigenvalue weighted by Gasteiger charge is -2.25. The van der Waals surface area contributed by atoms with Gasteiger partial charge in [0.1, 0.15) is 5.82 Å². The van der Waals surface area contributed by atoms with Crippen LogP contribution >= 0.6 is 34.5 Å². The first kappa shape index (κ1) is 18.6. The topological polar surface area (TPSA) is 59.8 Å². The van der Waals surface area contributed by atoms with Gasteiger partial charge in [-0.25, -0.2) is 4.98 Å². The lowest BCUT2D eigenvalue weighted by molar-refractivity contribution is -0.116. The van der Waals surface area contributed by atoms with Crippen LogP contribution in [-0.4, -0.2) is 20.7 Å². The number of nitrogens with one attached hydrogen (secondary N) is 1. The van der Waals surface area contributed by atoms with Crippen LogP contribution in [0.2, 0.25) is 10.0 Å². The number of carbonyl (C=O) groups is 1. The first-order valence-electron chi connectivity index (χ1n) is 9.13. The van der Waals surface area contributed by atoms with Gasteiger partial charge in [-0.05, 0) is 49.2 Å². The lowest BCUT2D eigenvalue weighted by Crippen LogP contribution is -2.25. The van der Waals surface area contributed by atoms with Crippen LogP contribution in [-0.2, 0) is 4.79 Å². The minimum absolute atomic E-state index is 0.100. The van der Waals surface area contributed by atoms with Gasteiger partial charge in [-0.1, -0.05) is 46.7 Å². The van der Waals surface area contributed by atoms with Gasteiger partial charge in [0.25, 0.3) is 0 Å². The van der Waals surface area contributed by atoms with Crippen LogP contribution in [0.4, 0.5) is 5.82 Å². The monoisotopic (exact) mass is 442 g/mol. The third-order valence-corrected chi connectivity index (χ3v) is 6.82. The molecule has 1 N–H and O–H groups in total. The normalized spacial score (nSPS) is 16.1. The van der Waals surface area contributed by atoms with Gasteiger partial charge in [0.05, 0.1) is 15.9 Å². The molecular formula is C21H16Cl2N4OS. The van der Waals surface area contributed by atoms with E-state index >= 15 is 0 Å². The second kappa shape index (κ2) is 6.83. The number of halogens is 2. The zero-order chi connectivity index (χ0) is 20.3. The number of anilines is 1. The van der Waals surface area contributed by atoms with Gasteiger partial charge in [-0.15, -0.1) is 0 Å². The first-order chi connectivity index (χ1) is 13.9. The molecule has 0 fully saturated rings. The maximum atomic E-state index is 12.6. The molecule has 0 spiro atoms. The Morgan fingerprint density at radius 1 is 1.14 bits per heavy atom. The zero-order valence-corrected chi connectivity index (χ0v) is 18.0. The number of hydrogen-bond acceptors (Lipinski definition) is 4. The van der Waals surface area contributed by atoms with Crippen LogP contribution < -0.4 is 5.32 Å². The molecule has 5 nitrogen and oxygen atoms in total. The van der Waals surface area contributed by atoms with Crippen LogP contribution in [0.5, 0.6) is 0 Å². The van der Waals surface area contributed by atoms with E-state index in [1.165, 1.54) is 5.56 Å². The van der Waals surface area contributed by atoms with Crippen molar-refractivity contribution in [2.75, 3.05) is 5.32 Å². The van der Waals surface area contributed by atoms with Gasteiger partial charge in [-0.2, -0.15) is 9.78 Å². The number of benzene rings is 2. The number of rotatable bonds is 2. The quantitative estimate of drug-likeness (QED) is 0.421. The molecule has 146 valence electrons. The van der Waals surface area contributed by atoms with Crippen LogP contribution in [0, 0.1) is 13.8 Å². The summed E-state index contributed by atoms with van der Waals surface area (Å²) in [6.45, 7) is 3.99. The maximum Gasteiger partial charge on any atom is 0.226 e. The number of nitrogens with zero attached hydrogens (tertiary/aromatic N) is 3. The van der Waals surface area contributed by atoms with Crippen molar-refractivity contribution in [1.29, 1.82) is 0 Å². The molecule has 3 heterocycles. The number of carbonyl (C=O) groups excluding carboxylic acids is 1. The highest BCUT2D eigenvalue weighted by atomic mass is 35.5. The number of fused-ring (bicyclic) bond motifs is 2. The molecule has 0 saturated carbocycles. The highest BCUT2D eigenvalue weighted by Gasteiger charge is 2.35. The van der Waals surface area contributed by atoms with Crippen molar-refractivity contribution >= 4 is 56.5 Å². The second-order valence-electron chi connectivity index (χ2n) is 7.17. The summed E-state index contributed by atoms with van der Waals surface area (Å²) in [6, 6.07) is 11.5. The number of hydrogen-bond donors (Lipinski definition) is 1. The Balaban J connectivity index is 1.71. The van der Waals surface area contributed by atoms with E-state index < -0.39 is 0 Å². The van der Waals surface area contributed by atoms with Gasteiger partial charge < -0.3 is 5.32 Å². The van der Waals surface area contributed by atoms with Crippen molar-refractivity contribution in [1.82, 2.24) is 14.8 Å². The van der Waals surface area contributed by atoms with Crippen LogP contribution in [0.25, 0.3) is 15.3 Å². The lowest BCUT2D eigenvalue weighted by atomic mass is 9.85. The number of aryl methyl sites for hydroxylation is 2. The standard InChI is InChI=1S/C21H16Cl2N4OS/c1-10-6-7-15-16(8-10)29-21(24-15)27-20-18(11(2)26-27)12(9-17(28)25-20)19-13(22)4-3-5-14(19)23/h3-8,12H,9H2,1-2H3,(H,25,28)/t12-/m1/s1. The molecule has 29 heavy (non-hydrogen) atoms. The minimum Gasteiger partial charge on any atom is -0.310 e. The maximum absolute atomic E-state index is 12.6. The molecule has 0 unspecified atom stereocenters. The predicted octanol–water partition coefficient (Wildman–Crippen LogP) is 5.88. The van der Waals surface area contributed by atoms with E-state index in [1.807, 2.05) is 19.1 Å². The molecule has 0 aliphatic carbocycles. The van der Waals surface area contributed by atoms with Crippen LogP contribution in [0.1, 0.15) is 34.7 Å². The molecule has 8 heteroatoms. The third kappa shape index (κ3) is 3.03. The Labute approximate surface area is 181 Å². The van der Waals surface area contributed by atoms with E-state index in [9.17, 15) is 4.79 Å². The molecule has 2 aromatic carbocycles. The summed E-state index contributed by atoms with van der Waals surface area (Å²) < 4.78 is 2.80. The van der Waals surface area contributed by atoms with Gasteiger partial charge in [0, 0.05) is 27.9 Å². The molecule has 0 radical (unpaired) electrons.